The number of pyridine rings is 4. The molecule has 0 bridgehead atoms. The number of nitrogens with two attached hydrogens (primary N) is 2. The summed E-state index contributed by atoms with van der Waals surface area (Å²) in [5.74, 6) is 1.09. The number of H-pyrrole nitrogens is 2. The quantitative estimate of drug-likeness (QED) is 0.0302. The molecule has 0 atom stereocenters. The number of benzene rings is 3. The third-order valence-corrected chi connectivity index (χ3v) is 18.9. The van der Waals surface area contributed by atoms with Crippen LogP contribution in [0.3, 0.4) is 0 Å². The van der Waals surface area contributed by atoms with Crippen LogP contribution in [-0.4, -0.2) is 124 Å². The van der Waals surface area contributed by atoms with Crippen LogP contribution in [0.1, 0.15) is 50.5 Å². The standard InChI is InChI=1S/C22H20N8O.C19H17BrN6O.C10H9Br2N3O.C10H11BrN4O.C9H9N3.C3H5BN2O2/c1-3-30-20-17(12-18(21(30)31)19-8-9-24-28-19)14(2)25-22(27-20)26-15-4-6-16(7-5-15)29-11-10-23-13-29;1-3-26-17-15(10-16(20)18(26)27)12(2)22-19(24-17)23-13-4-6-14(7-5-13)25-9-8-21-11-25;2*1-3-15-8-6(4-7(11)9(15)16)5(2)13-10(12)14-8;10-8-1-3-9(4-2-8)12-6-5-11-7-12;7-4(8)3-1-2-5-6-3/h4-13H,3H2,1-2H3,(H,24,28)(H,25,26,27);4-11H,3H2,1-2H3,(H,22,23,24);4H,3H2,1-2H3;4H,3H2,1-2H3,(H2,12,13,14);1-7H,10H2;1-2,7-8H,(H,5,6). The van der Waals surface area contributed by atoms with Crippen LogP contribution in [0.5, 0.6) is 0 Å². The Kier molecular flexibility index (Phi) is 25.7. The average Bonchev–Trinajstić information content (AvgIpc) is 1.63. The number of nitrogens with zero attached hydrogens (tertiary/aromatic N) is 20. The molecule has 0 radical (unpaired) electrons. The maximum absolute atomic E-state index is 13.1. The SMILES string of the molecule is CCn1c(=O)c(-c2ccn[nH]2)cc2c(C)nc(Nc3ccc(-n4ccnc4)cc3)nc21.CCn1c(=O)c(Br)cc2c(C)nc(Br)nc21.CCn1c(=O)c(Br)cc2c(C)nc(N)nc21.CCn1c(=O)c(Br)cc2c(C)nc(Nc3ccc(-n4ccnc4)cc3)nc21.Nc1ccc(-n2ccnc2)cc1.OB(O)c1ccn[nH]1. The van der Waals surface area contributed by atoms with Crippen LogP contribution in [0, 0.1) is 27.7 Å². The molecule has 110 heavy (non-hydrogen) atoms. The smallest absolute Gasteiger partial charge is 0.422 e. The topological polar surface area (TPSA) is 418 Å². The minimum Gasteiger partial charge on any atom is -0.422 e. The van der Waals surface area contributed by atoms with E-state index in [9.17, 15) is 19.2 Å². The van der Waals surface area contributed by atoms with Crippen LogP contribution in [0.2, 0.25) is 0 Å². The van der Waals surface area contributed by atoms with Crippen molar-refractivity contribution in [2.75, 3.05) is 22.1 Å². The van der Waals surface area contributed by atoms with E-state index in [0.29, 0.717) is 95.7 Å². The molecule has 0 saturated heterocycles. The van der Waals surface area contributed by atoms with Gasteiger partial charge in [0.05, 0.1) is 72.0 Å². The molecule has 10 N–H and O–H groups in total. The van der Waals surface area contributed by atoms with Crippen LogP contribution in [0.4, 0.5) is 34.9 Å². The van der Waals surface area contributed by atoms with E-state index >= 15 is 0 Å². The Bertz CT molecular complexity index is 6000. The summed E-state index contributed by atoms with van der Waals surface area (Å²) in [5, 5.41) is 39.4. The van der Waals surface area contributed by atoms with E-state index in [2.05, 4.69) is 150 Å². The van der Waals surface area contributed by atoms with Crippen LogP contribution < -0.4 is 49.9 Å². The number of hydrogen-bond acceptors (Lipinski definition) is 23. The summed E-state index contributed by atoms with van der Waals surface area (Å²) in [5.41, 5.74) is 23.5. The first kappa shape index (κ1) is 79.0. The van der Waals surface area contributed by atoms with E-state index in [4.69, 9.17) is 21.5 Å². The molecule has 16 aromatic rings. The fourth-order valence-corrected chi connectivity index (χ4v) is 13.1. The third kappa shape index (κ3) is 18.4. The lowest BCUT2D eigenvalue weighted by molar-refractivity contribution is 0.424. The lowest BCUT2D eigenvalue weighted by atomic mass is 9.87. The number of nitrogen functional groups attached to an aromatic ring is 2. The van der Waals surface area contributed by atoms with Crippen molar-refractivity contribution in [1.29, 1.82) is 0 Å². The number of nitrogens with one attached hydrogen (secondary N) is 4. The Hall–Kier alpha value is -12.0. The summed E-state index contributed by atoms with van der Waals surface area (Å²) in [6, 6.07) is 33.8. The van der Waals surface area contributed by atoms with Gasteiger partial charge < -0.3 is 45.9 Å². The molecular formula is C73H71BBr4N26O6. The van der Waals surface area contributed by atoms with Gasteiger partial charge in [0, 0.05) is 131 Å². The second-order valence-corrected chi connectivity index (χ2v) is 27.2. The van der Waals surface area contributed by atoms with Gasteiger partial charge in [-0.3, -0.25) is 47.6 Å². The molecule has 0 aliphatic rings. The van der Waals surface area contributed by atoms with E-state index in [1.165, 1.54) is 12.3 Å². The normalized spacial score (nSPS) is 10.8. The second kappa shape index (κ2) is 35.8. The monoisotopic (exact) mass is 1730 g/mol. The molecule has 0 aliphatic heterocycles. The second-order valence-electron chi connectivity index (χ2n) is 23.9. The number of aromatic nitrogens is 22. The molecule has 0 spiro atoms. The van der Waals surface area contributed by atoms with Crippen molar-refractivity contribution in [2.24, 2.45) is 0 Å². The minimum atomic E-state index is -1.43. The summed E-state index contributed by atoms with van der Waals surface area (Å²) in [6.07, 6.45) is 19.2. The number of aryl methyl sites for hydroxylation is 8. The Labute approximate surface area is 660 Å². The van der Waals surface area contributed by atoms with Crippen molar-refractivity contribution in [3.63, 3.8) is 0 Å². The van der Waals surface area contributed by atoms with Crippen molar-refractivity contribution in [2.45, 2.75) is 81.6 Å². The van der Waals surface area contributed by atoms with Gasteiger partial charge in [-0.25, -0.2) is 39.9 Å². The molecule has 0 saturated carbocycles. The minimum absolute atomic E-state index is 0.0694. The summed E-state index contributed by atoms with van der Waals surface area (Å²) >= 11 is 13.1. The largest absolute Gasteiger partial charge is 0.507 e. The molecule has 32 nitrogen and oxygen atoms in total. The van der Waals surface area contributed by atoms with E-state index < -0.39 is 7.12 Å². The molecule has 13 heterocycles. The summed E-state index contributed by atoms with van der Waals surface area (Å²) in [6.45, 7) is 17.4. The molecular weight excluding hydrogens is 1670 g/mol. The highest BCUT2D eigenvalue weighted by Crippen LogP contribution is 2.27. The van der Waals surface area contributed by atoms with E-state index in [-0.39, 0.29) is 28.2 Å². The predicted molar refractivity (Wildman–Crippen MR) is 440 cm³/mol. The number of rotatable bonds is 13. The fraction of sp³-hybridized carbons (Fsp3) is 0.164. The average molecular weight is 1740 g/mol. The third-order valence-electron chi connectivity index (χ3n) is 16.8. The van der Waals surface area contributed by atoms with Crippen LogP contribution in [0.25, 0.3) is 72.5 Å². The highest BCUT2D eigenvalue weighted by Gasteiger charge is 2.19. The van der Waals surface area contributed by atoms with Gasteiger partial charge in [-0.05, 0) is 228 Å². The lowest BCUT2D eigenvalue weighted by Crippen LogP contribution is -2.30. The molecule has 16 rings (SSSR count). The van der Waals surface area contributed by atoms with Gasteiger partial charge >= 0.3 is 7.12 Å². The van der Waals surface area contributed by atoms with Gasteiger partial charge in [0.15, 0.2) is 4.73 Å². The van der Waals surface area contributed by atoms with Crippen molar-refractivity contribution < 1.29 is 10.0 Å². The predicted octanol–water partition coefficient (Wildman–Crippen LogP) is 10.9. The number of imidazole rings is 3. The molecule has 13 aromatic heterocycles. The number of anilines is 6. The van der Waals surface area contributed by atoms with Gasteiger partial charge in [-0.15, -0.1) is 0 Å². The van der Waals surface area contributed by atoms with Crippen molar-refractivity contribution in [1.82, 2.24) is 107 Å². The van der Waals surface area contributed by atoms with Gasteiger partial charge in [-0.2, -0.15) is 25.1 Å². The van der Waals surface area contributed by atoms with Gasteiger partial charge in [0.25, 0.3) is 22.2 Å². The maximum atomic E-state index is 13.1. The summed E-state index contributed by atoms with van der Waals surface area (Å²) in [7, 11) is -1.43. The van der Waals surface area contributed by atoms with Crippen LogP contribution >= 0.6 is 63.7 Å². The summed E-state index contributed by atoms with van der Waals surface area (Å²) in [4.78, 5) is 96.3. The zero-order valence-corrected chi connectivity index (χ0v) is 66.6. The van der Waals surface area contributed by atoms with E-state index in [0.717, 1.165) is 78.4 Å². The van der Waals surface area contributed by atoms with Gasteiger partial charge in [0.1, 0.15) is 22.6 Å². The Morgan fingerprint density at radius 1 is 0.427 bits per heavy atom. The Morgan fingerprint density at radius 2 is 0.800 bits per heavy atom. The molecule has 0 amide bonds. The molecule has 560 valence electrons. The number of fused-ring (bicyclic) bond motifs is 4. The lowest BCUT2D eigenvalue weighted by Gasteiger charge is -2.13. The van der Waals surface area contributed by atoms with Crippen molar-refractivity contribution >= 4 is 155 Å². The molecule has 0 unspecified atom stereocenters. The molecule has 0 fully saturated rings. The molecule has 3 aromatic carbocycles. The van der Waals surface area contributed by atoms with Gasteiger partial charge in [0.2, 0.25) is 17.8 Å². The first-order valence-electron chi connectivity index (χ1n) is 33.9. The Balaban J connectivity index is 0.000000138. The van der Waals surface area contributed by atoms with Gasteiger partial charge in [-0.1, -0.05) is 0 Å². The zero-order valence-electron chi connectivity index (χ0n) is 60.3. The number of hydrogen-bond donors (Lipinski definition) is 8. The van der Waals surface area contributed by atoms with Crippen LogP contribution in [-0.2, 0) is 26.2 Å². The van der Waals surface area contributed by atoms with E-state index in [1.54, 1.807) is 86.3 Å². The number of aromatic amines is 2. The highest BCUT2D eigenvalue weighted by molar-refractivity contribution is 9.11. The first-order valence-corrected chi connectivity index (χ1v) is 37.1. The molecule has 37 heteroatoms. The van der Waals surface area contributed by atoms with Crippen molar-refractivity contribution in [3.05, 3.63) is 260 Å². The van der Waals surface area contributed by atoms with E-state index in [1.807, 2.05) is 167 Å². The van der Waals surface area contributed by atoms with Crippen LogP contribution in [0.15, 0.2) is 215 Å². The zero-order chi connectivity index (χ0) is 78.4. The summed E-state index contributed by atoms with van der Waals surface area (Å²) < 4.78 is 14.4. The maximum Gasteiger partial charge on any atom is 0.507 e. The first-order chi connectivity index (χ1) is 52.9. The number of halogens is 4. The Morgan fingerprint density at radius 3 is 1.17 bits per heavy atom. The fourth-order valence-electron chi connectivity index (χ4n) is 11.3. The highest BCUT2D eigenvalue weighted by atomic mass is 79.9. The van der Waals surface area contributed by atoms with Crippen molar-refractivity contribution in [3.8, 4) is 28.3 Å². The molecule has 0 aliphatic carbocycles.